The highest BCUT2D eigenvalue weighted by molar-refractivity contribution is 6.31. The van der Waals surface area contributed by atoms with E-state index in [2.05, 4.69) is 26.1 Å². The average molecular weight is 316 g/mol. The Balaban J connectivity index is 2.93. The number of ether oxygens (including phenoxy) is 1. The largest absolute Gasteiger partial charge is 0.377 e. The zero-order valence-electron chi connectivity index (χ0n) is 13.5. The molecule has 1 N–H and O–H groups in total. The van der Waals surface area contributed by atoms with E-state index in [0.717, 1.165) is 18.5 Å². The second-order valence-electron chi connectivity index (χ2n) is 5.64. The van der Waals surface area contributed by atoms with Crippen molar-refractivity contribution in [2.24, 2.45) is 5.92 Å². The van der Waals surface area contributed by atoms with Crippen molar-refractivity contribution in [2.45, 2.75) is 52.7 Å². The van der Waals surface area contributed by atoms with Gasteiger partial charge in [-0.1, -0.05) is 44.5 Å². The van der Waals surface area contributed by atoms with Gasteiger partial charge < -0.3 is 10.1 Å². The van der Waals surface area contributed by atoms with Crippen LogP contribution in [0.3, 0.4) is 0 Å². The van der Waals surface area contributed by atoms with Crippen molar-refractivity contribution in [2.75, 3.05) is 13.2 Å². The predicted molar refractivity (Wildman–Crippen MR) is 87.4 cm³/mol. The van der Waals surface area contributed by atoms with Gasteiger partial charge in [0, 0.05) is 12.6 Å². The minimum absolute atomic E-state index is 0.0842. The van der Waals surface area contributed by atoms with Crippen molar-refractivity contribution in [1.29, 1.82) is 0 Å². The van der Waals surface area contributed by atoms with Gasteiger partial charge in [-0.3, -0.25) is 0 Å². The molecule has 120 valence electrons. The molecule has 0 amide bonds. The van der Waals surface area contributed by atoms with E-state index in [0.29, 0.717) is 18.9 Å². The SMILES string of the molecule is CCCNC(Cc1cccc(F)c1Cl)C(OCC)C(C)C. The van der Waals surface area contributed by atoms with E-state index in [1.807, 2.05) is 13.0 Å². The molecule has 2 atom stereocenters. The molecule has 0 bridgehead atoms. The van der Waals surface area contributed by atoms with Crippen LogP contribution in [0.25, 0.3) is 0 Å². The third kappa shape index (κ3) is 5.57. The number of halogens is 2. The van der Waals surface area contributed by atoms with Gasteiger partial charge in [0.25, 0.3) is 0 Å². The van der Waals surface area contributed by atoms with E-state index >= 15 is 0 Å². The van der Waals surface area contributed by atoms with Crippen LogP contribution < -0.4 is 5.32 Å². The summed E-state index contributed by atoms with van der Waals surface area (Å²) in [6.45, 7) is 10.0. The lowest BCUT2D eigenvalue weighted by Crippen LogP contribution is -2.46. The summed E-state index contributed by atoms with van der Waals surface area (Å²) < 4.78 is 19.5. The molecule has 1 aromatic carbocycles. The van der Waals surface area contributed by atoms with Gasteiger partial charge in [0.05, 0.1) is 11.1 Å². The molecule has 1 aromatic rings. The van der Waals surface area contributed by atoms with Crippen molar-refractivity contribution < 1.29 is 9.13 Å². The van der Waals surface area contributed by atoms with Crippen LogP contribution in [0.2, 0.25) is 5.02 Å². The highest BCUT2D eigenvalue weighted by Crippen LogP contribution is 2.23. The van der Waals surface area contributed by atoms with E-state index < -0.39 is 0 Å². The maximum Gasteiger partial charge on any atom is 0.142 e. The van der Waals surface area contributed by atoms with Gasteiger partial charge in [-0.25, -0.2) is 4.39 Å². The summed E-state index contributed by atoms with van der Waals surface area (Å²) in [5, 5.41) is 3.75. The molecule has 21 heavy (non-hydrogen) atoms. The average Bonchev–Trinajstić information content (AvgIpc) is 2.45. The smallest absolute Gasteiger partial charge is 0.142 e. The highest BCUT2D eigenvalue weighted by Gasteiger charge is 2.25. The fourth-order valence-electron chi connectivity index (χ4n) is 2.54. The van der Waals surface area contributed by atoms with Crippen molar-refractivity contribution >= 4 is 11.6 Å². The van der Waals surface area contributed by atoms with Crippen LogP contribution in [0.15, 0.2) is 18.2 Å². The second kappa shape index (κ2) is 9.39. The third-order valence-electron chi connectivity index (χ3n) is 3.54. The summed E-state index contributed by atoms with van der Waals surface area (Å²) in [5.74, 6) is 0.0209. The summed E-state index contributed by atoms with van der Waals surface area (Å²) in [7, 11) is 0. The molecule has 0 saturated carbocycles. The van der Waals surface area contributed by atoms with Gasteiger partial charge in [-0.2, -0.15) is 0 Å². The normalized spacial score (nSPS) is 14.4. The Bertz CT molecular complexity index is 425. The maximum absolute atomic E-state index is 13.6. The first-order valence-electron chi connectivity index (χ1n) is 7.79. The molecular formula is C17H27ClFNO. The van der Waals surface area contributed by atoms with Gasteiger partial charge in [0.1, 0.15) is 5.82 Å². The Morgan fingerprint density at radius 3 is 2.57 bits per heavy atom. The molecule has 0 radical (unpaired) electrons. The zero-order valence-corrected chi connectivity index (χ0v) is 14.2. The Morgan fingerprint density at radius 1 is 1.29 bits per heavy atom. The molecule has 2 nitrogen and oxygen atoms in total. The van der Waals surface area contributed by atoms with Crippen LogP contribution in [-0.2, 0) is 11.2 Å². The predicted octanol–water partition coefficient (Wildman–Crippen LogP) is 4.45. The van der Waals surface area contributed by atoms with E-state index in [1.54, 1.807) is 6.07 Å². The first-order valence-corrected chi connectivity index (χ1v) is 8.16. The van der Waals surface area contributed by atoms with Crippen LogP contribution in [0.1, 0.15) is 39.7 Å². The summed E-state index contributed by atoms with van der Waals surface area (Å²) in [5.41, 5.74) is 0.829. The van der Waals surface area contributed by atoms with Gasteiger partial charge >= 0.3 is 0 Å². The van der Waals surface area contributed by atoms with Crippen molar-refractivity contribution in [3.8, 4) is 0 Å². The van der Waals surface area contributed by atoms with Gasteiger partial charge in [0.2, 0.25) is 0 Å². The van der Waals surface area contributed by atoms with Crippen molar-refractivity contribution in [3.63, 3.8) is 0 Å². The first-order chi connectivity index (χ1) is 10.0. The maximum atomic E-state index is 13.6. The lowest BCUT2D eigenvalue weighted by atomic mass is 9.93. The summed E-state index contributed by atoms with van der Waals surface area (Å²) in [6, 6.07) is 5.11. The van der Waals surface area contributed by atoms with E-state index in [4.69, 9.17) is 16.3 Å². The Labute approximate surface area is 133 Å². The summed E-state index contributed by atoms with van der Waals surface area (Å²) in [4.78, 5) is 0. The van der Waals surface area contributed by atoms with Crippen LogP contribution in [0.5, 0.6) is 0 Å². The lowest BCUT2D eigenvalue weighted by Gasteiger charge is -2.31. The molecule has 2 unspecified atom stereocenters. The summed E-state index contributed by atoms with van der Waals surface area (Å²) >= 11 is 6.09. The van der Waals surface area contributed by atoms with Gasteiger partial charge in [-0.05, 0) is 43.9 Å². The fraction of sp³-hybridized carbons (Fsp3) is 0.647. The van der Waals surface area contributed by atoms with Crippen molar-refractivity contribution in [3.05, 3.63) is 34.6 Å². The topological polar surface area (TPSA) is 21.3 Å². The third-order valence-corrected chi connectivity index (χ3v) is 3.96. The molecule has 0 aromatic heterocycles. The molecule has 0 heterocycles. The molecule has 0 saturated heterocycles. The number of nitrogens with one attached hydrogen (secondary N) is 1. The Kier molecular flexibility index (Phi) is 8.23. The van der Waals surface area contributed by atoms with Crippen LogP contribution in [-0.4, -0.2) is 25.3 Å². The Morgan fingerprint density at radius 2 is 2.00 bits per heavy atom. The van der Waals surface area contributed by atoms with Crippen LogP contribution >= 0.6 is 11.6 Å². The van der Waals surface area contributed by atoms with E-state index in [-0.39, 0.29) is 23.0 Å². The quantitative estimate of drug-likeness (QED) is 0.727. The summed E-state index contributed by atoms with van der Waals surface area (Å²) in [6.07, 6.45) is 1.80. The van der Waals surface area contributed by atoms with E-state index in [1.165, 1.54) is 6.07 Å². The molecule has 0 aliphatic heterocycles. The molecule has 1 rings (SSSR count). The Hall–Kier alpha value is -0.640. The van der Waals surface area contributed by atoms with Crippen LogP contribution in [0, 0.1) is 11.7 Å². The first kappa shape index (κ1) is 18.4. The molecule has 0 spiro atoms. The van der Waals surface area contributed by atoms with Gasteiger partial charge in [-0.15, -0.1) is 0 Å². The molecule has 0 aliphatic rings. The van der Waals surface area contributed by atoms with Crippen LogP contribution in [0.4, 0.5) is 4.39 Å². The molecule has 0 aliphatic carbocycles. The minimum Gasteiger partial charge on any atom is -0.377 e. The molecular weight excluding hydrogens is 289 g/mol. The molecule has 4 heteroatoms. The minimum atomic E-state index is -0.360. The fourth-order valence-corrected chi connectivity index (χ4v) is 2.75. The van der Waals surface area contributed by atoms with E-state index in [9.17, 15) is 4.39 Å². The molecule has 0 fully saturated rings. The number of benzene rings is 1. The number of hydrogen-bond donors (Lipinski definition) is 1. The number of hydrogen-bond acceptors (Lipinski definition) is 2. The number of rotatable bonds is 9. The monoisotopic (exact) mass is 315 g/mol. The lowest BCUT2D eigenvalue weighted by molar-refractivity contribution is 0.00361. The van der Waals surface area contributed by atoms with Gasteiger partial charge in [0.15, 0.2) is 0 Å². The standard InChI is InChI=1S/C17H27ClFNO/c1-5-10-20-15(17(12(3)4)21-6-2)11-13-8-7-9-14(19)16(13)18/h7-9,12,15,17,20H,5-6,10-11H2,1-4H3. The second-order valence-corrected chi connectivity index (χ2v) is 6.02. The van der Waals surface area contributed by atoms with Crippen molar-refractivity contribution in [1.82, 2.24) is 5.32 Å². The highest BCUT2D eigenvalue weighted by atomic mass is 35.5. The zero-order chi connectivity index (χ0) is 15.8.